The largest absolute Gasteiger partial charge is 2.00 e. The first-order chi connectivity index (χ1) is 60.0. The number of nitrogens with zero attached hydrogens (tertiary/aromatic N) is 3. The van der Waals surface area contributed by atoms with Crippen molar-refractivity contribution in [3.05, 3.63) is 250 Å². The molecule has 2 atom stereocenters. The third-order valence-corrected chi connectivity index (χ3v) is 21.9. The molecule has 6 N–H and O–H groups in total. The maximum atomic E-state index is 14.3. The molecular weight excluding hydrogens is 1740 g/mol. The number of aliphatic hydroxyl groups is 2. The zero-order chi connectivity index (χ0) is 90.2. The molecule has 16 rings (SSSR count). The fourth-order valence-electron chi connectivity index (χ4n) is 14.6. The Morgan fingerprint density at radius 2 is 0.817 bits per heavy atom. The average molecular weight is 1890 g/mol. The summed E-state index contributed by atoms with van der Waals surface area (Å²) in [6.07, 6.45) is 2.56. The third-order valence-electron chi connectivity index (χ3n) is 21.9. The third kappa shape index (κ3) is 31.9. The van der Waals surface area contributed by atoms with Gasteiger partial charge >= 0.3 is 23.1 Å². The molecule has 0 spiro atoms. The molecule has 7 aliphatic heterocycles. The molecule has 9 aromatic rings. The molecule has 7 heterocycles. The van der Waals surface area contributed by atoms with Gasteiger partial charge in [-0.2, -0.15) is 12.1 Å². The number of anilines is 3. The van der Waals surface area contributed by atoms with Crippen molar-refractivity contribution in [3.63, 3.8) is 0 Å². The van der Waals surface area contributed by atoms with Crippen LogP contribution < -0.4 is 70.8 Å². The van der Waals surface area contributed by atoms with Gasteiger partial charge in [0.2, 0.25) is 5.91 Å². The maximum Gasteiger partial charge on any atom is 2.00 e. The van der Waals surface area contributed by atoms with Gasteiger partial charge in [-0.3, -0.25) is 33.9 Å². The van der Waals surface area contributed by atoms with Crippen LogP contribution in [0.5, 0.6) is 51.7 Å². The number of Topliss-reactive ketones (excluding diaryl/α,β-unsaturated/α-hetero) is 1. The Morgan fingerprint density at radius 3 is 1.28 bits per heavy atom. The predicted octanol–water partition coefficient (Wildman–Crippen LogP) is 13.9. The van der Waals surface area contributed by atoms with Crippen molar-refractivity contribution in [1.82, 2.24) is 14.7 Å². The quantitative estimate of drug-likeness (QED) is 0.0249. The Balaban J connectivity index is 0.000000413. The summed E-state index contributed by atoms with van der Waals surface area (Å²) in [5.41, 5.74) is 7.00. The molecule has 7 aliphatic rings. The standard InChI is InChI=1S/C32H38N2O5.C16H15NO4.C16H25NO2.C10H14O.C8H5NO2.C8H9O2.C6H13NO2.C4H8O.4CH4.BrH.Mg/c1-31(2,3)22-10-12-27(39-19-16-34-14-17-38-18-15-34)25(20-22)32(23-11-13-28(36-4)29(21-23)37-5)24-8-6-7-9-26(24)33-30(32)35;1-20-13-8-7-10(9-14(13)21-2)16(19)11-5-3-4-6-12(11)17-15(16)18;1-16(2,3)14-4-6-15(7-5-14)19-13-10-17-8-11-18-12-9-17;1-10(2,3)8-4-6-9(11)7-5-8;10-7-5-3-1-2-4-6(5)9-8(7)11;1-9-7-5-3-4-6-8(7)10-2;8-4-1-7-2-5-9-6-3-7;1-2-4-5-3-1;;;;;;/h6-13,20-21H,14-19H2,1-5H3,(H,33,35);3-9,19H,1-2H3,(H,17,18);4-7H,8-13H2,1-3H3;4-7,11H,1-3H3;1-4H,(H,9,10,11);3,5-6H,1-2H3;8H,1-6H2;1-4H2;4*1H4;1H;/q;;;;;-1;;;;;;;;+2/p-1. The molecule has 712 valence electrons. The van der Waals surface area contributed by atoms with Gasteiger partial charge < -0.3 is 105 Å². The van der Waals surface area contributed by atoms with Crippen LogP contribution in [0, 0.1) is 6.07 Å². The smallest absolute Gasteiger partial charge is 1.00 e. The molecule has 131 heavy (non-hydrogen) atoms. The number of halogens is 1. The molecule has 0 bridgehead atoms. The number of hydrogen-bond donors (Lipinski definition) is 6. The second-order valence-electron chi connectivity index (χ2n) is 33.3. The number of amides is 3. The second-order valence-corrected chi connectivity index (χ2v) is 33.3. The van der Waals surface area contributed by atoms with Crippen molar-refractivity contribution in [2.75, 3.05) is 190 Å². The van der Waals surface area contributed by atoms with Gasteiger partial charge in [-0.1, -0.05) is 183 Å². The van der Waals surface area contributed by atoms with E-state index < -0.39 is 28.6 Å². The summed E-state index contributed by atoms with van der Waals surface area (Å²) >= 11 is 0. The first kappa shape index (κ1) is 115. The van der Waals surface area contributed by atoms with Crippen molar-refractivity contribution in [2.24, 2.45) is 0 Å². The van der Waals surface area contributed by atoms with Gasteiger partial charge in [-0.05, 0) is 136 Å². The van der Waals surface area contributed by atoms with Gasteiger partial charge in [-0.25, -0.2) is 0 Å². The summed E-state index contributed by atoms with van der Waals surface area (Å²) in [4.78, 5) is 55.2. The van der Waals surface area contributed by atoms with Crippen molar-refractivity contribution in [3.8, 4) is 51.7 Å². The number of β-amino-alcohol motifs (C(OH)–C–C–N with tert-alkyl or cyclic N) is 1. The molecule has 4 saturated heterocycles. The molecule has 0 saturated carbocycles. The van der Waals surface area contributed by atoms with E-state index in [1.807, 2.05) is 60.7 Å². The maximum absolute atomic E-state index is 14.3. The van der Waals surface area contributed by atoms with Crippen LogP contribution in [0.1, 0.15) is 160 Å². The van der Waals surface area contributed by atoms with Gasteiger partial charge in [0.1, 0.15) is 35.9 Å². The molecule has 0 radical (unpaired) electrons. The molecule has 27 heteroatoms. The monoisotopic (exact) mass is 1880 g/mol. The number of ether oxygens (including phenoxy) is 12. The zero-order valence-corrected chi connectivity index (χ0v) is 79.3. The Bertz CT molecular complexity index is 4870. The van der Waals surface area contributed by atoms with E-state index in [4.69, 9.17) is 67.1 Å². The number of carbonyl (C=O) groups excluding carboxylic acids is 4. The first-order valence-corrected chi connectivity index (χ1v) is 42.5. The minimum Gasteiger partial charge on any atom is -1.00 e. The number of ketones is 1. The van der Waals surface area contributed by atoms with Gasteiger partial charge in [0.25, 0.3) is 17.6 Å². The number of morpholine rings is 3. The Labute approximate surface area is 805 Å². The van der Waals surface area contributed by atoms with Crippen LogP contribution in [-0.4, -0.2) is 251 Å². The van der Waals surface area contributed by atoms with Crippen molar-refractivity contribution >= 4 is 63.6 Å². The number of nitrogens with one attached hydrogen (secondary N) is 3. The Hall–Kier alpha value is -9.85. The number of phenols is 1. The van der Waals surface area contributed by atoms with Crippen molar-refractivity contribution < 1.29 is 108 Å². The van der Waals surface area contributed by atoms with E-state index in [9.17, 15) is 24.3 Å². The number of methoxy groups -OCH3 is 6. The van der Waals surface area contributed by atoms with Gasteiger partial charge in [0, 0.05) is 111 Å². The number of fused-ring (bicyclic) bond motifs is 3. The van der Waals surface area contributed by atoms with Crippen LogP contribution in [0.4, 0.5) is 17.1 Å². The summed E-state index contributed by atoms with van der Waals surface area (Å²) in [6.45, 7) is 36.3. The van der Waals surface area contributed by atoms with E-state index in [1.54, 1.807) is 126 Å². The summed E-state index contributed by atoms with van der Waals surface area (Å²) < 4.78 is 64.8. The SMILES string of the molecule is C.C.C.C.C1CCOC1.CC(C)(C)c1ccc(O)cc1.CC(C)(C)c1ccc(OCCN2CCOCC2)cc1.COc1c[c-]ccc1OC.COc1ccc(C2(O)C(=O)Nc3ccccc32)cc1OC.COc1ccc(C2(c3cc(C(C)(C)C)ccc3OCCN3CCOCC3)C(=O)Nc3ccccc32)cc1OC.O=C1Nc2ccccc2C1=O.OCCN1CCOCC1.[Br-].[Mg+2]. The molecule has 0 aromatic heterocycles. The van der Waals surface area contributed by atoms with E-state index in [0.29, 0.717) is 74.9 Å². The minimum absolute atomic E-state index is 0. The second kappa shape index (κ2) is 56.2. The van der Waals surface area contributed by atoms with Gasteiger partial charge in [0.05, 0.1) is 106 Å². The van der Waals surface area contributed by atoms with Crippen molar-refractivity contribution in [1.29, 1.82) is 0 Å². The fourth-order valence-corrected chi connectivity index (χ4v) is 14.6. The summed E-state index contributed by atoms with van der Waals surface area (Å²) in [5.74, 6) is 4.02. The first-order valence-electron chi connectivity index (χ1n) is 42.5. The van der Waals surface area contributed by atoms with Crippen LogP contribution in [0.15, 0.2) is 194 Å². The number of para-hydroxylation sites is 3. The van der Waals surface area contributed by atoms with Crippen LogP contribution in [0.2, 0.25) is 0 Å². The molecule has 2 unspecified atom stereocenters. The molecule has 3 amide bonds. The summed E-state index contributed by atoms with van der Waals surface area (Å²) in [7, 11) is 9.47. The number of rotatable bonds is 19. The zero-order valence-electron chi connectivity index (χ0n) is 76.3. The van der Waals surface area contributed by atoms with E-state index in [2.05, 4.69) is 135 Å². The van der Waals surface area contributed by atoms with Crippen LogP contribution >= 0.6 is 0 Å². The Kier molecular flexibility index (Phi) is 49.5. The fraction of sp³-hybridized carbons (Fsp3) is 0.442. The van der Waals surface area contributed by atoms with Crippen LogP contribution in [0.25, 0.3) is 0 Å². The van der Waals surface area contributed by atoms with Crippen LogP contribution in [-0.2, 0) is 60.6 Å². The number of hydrogen-bond acceptors (Lipinski definition) is 22. The number of benzene rings is 9. The summed E-state index contributed by atoms with van der Waals surface area (Å²) in [6, 6.07) is 62.7. The molecular formula is C104H143BrMgN6O19. The molecule has 0 aliphatic carbocycles. The molecule has 25 nitrogen and oxygen atoms in total. The van der Waals surface area contributed by atoms with E-state index in [1.165, 1.54) is 38.2 Å². The van der Waals surface area contributed by atoms with E-state index in [0.717, 1.165) is 158 Å². The number of aliphatic hydroxyl groups excluding tert-OH is 1. The van der Waals surface area contributed by atoms with E-state index in [-0.39, 0.29) is 98.5 Å². The molecule has 4 fully saturated rings. The minimum atomic E-state index is -1.73. The Morgan fingerprint density at radius 1 is 0.412 bits per heavy atom. The predicted molar refractivity (Wildman–Crippen MR) is 520 cm³/mol. The number of aromatic hydroxyl groups is 1. The van der Waals surface area contributed by atoms with Gasteiger partial charge in [-0.15, -0.1) is 12.1 Å². The van der Waals surface area contributed by atoms with Crippen LogP contribution in [0.3, 0.4) is 0 Å². The van der Waals surface area contributed by atoms with Crippen molar-refractivity contribution in [2.45, 2.75) is 132 Å². The topological polar surface area (TPSA) is 286 Å². The normalized spacial score (nSPS) is 16.8. The summed E-state index contributed by atoms with van der Waals surface area (Å²) in [5, 5.41) is 36.8. The number of phenolic OH excluding ortho intramolecular Hbond substituents is 1. The average Bonchev–Trinajstić information content (AvgIpc) is 1.59. The molecule has 9 aromatic carbocycles. The van der Waals surface area contributed by atoms with Gasteiger partial charge in [0.15, 0.2) is 28.6 Å². The van der Waals surface area contributed by atoms with E-state index >= 15 is 0 Å². The number of carbonyl (C=O) groups is 4.